The van der Waals surface area contributed by atoms with E-state index in [1.165, 1.54) is 0 Å². The van der Waals surface area contributed by atoms with Crippen molar-refractivity contribution in [3.8, 4) is 0 Å². The molecule has 15 heavy (non-hydrogen) atoms. The molecule has 1 aromatic rings. The van der Waals surface area contributed by atoms with Crippen LogP contribution in [0.15, 0.2) is 4.42 Å². The Morgan fingerprint density at radius 3 is 2.93 bits per heavy atom. The van der Waals surface area contributed by atoms with Crippen molar-refractivity contribution in [1.29, 1.82) is 0 Å². The molecule has 1 aliphatic carbocycles. The Hall–Kier alpha value is -1.14. The average molecular weight is 212 g/mol. The number of rotatable bonds is 5. The predicted octanol–water partition coefficient (Wildman–Crippen LogP) is 0.508. The van der Waals surface area contributed by atoms with Gasteiger partial charge in [0, 0.05) is 12.6 Å². The molecule has 84 valence electrons. The van der Waals surface area contributed by atoms with Crippen molar-refractivity contribution in [3.63, 3.8) is 0 Å². The molecule has 6 nitrogen and oxygen atoms in total. The lowest BCUT2D eigenvalue weighted by Crippen LogP contribution is -2.40. The van der Waals surface area contributed by atoms with Gasteiger partial charge < -0.3 is 20.2 Å². The van der Waals surface area contributed by atoms with Crippen LogP contribution in [0.25, 0.3) is 0 Å². The van der Waals surface area contributed by atoms with E-state index in [0.717, 1.165) is 19.4 Å². The van der Waals surface area contributed by atoms with Crippen LogP contribution in [0.1, 0.15) is 25.7 Å². The van der Waals surface area contributed by atoms with Crippen LogP contribution in [0, 0.1) is 0 Å². The molecule has 0 bridgehead atoms. The molecule has 0 aromatic carbocycles. The Morgan fingerprint density at radius 2 is 2.33 bits per heavy atom. The van der Waals surface area contributed by atoms with E-state index in [9.17, 15) is 0 Å². The molecule has 1 heterocycles. The second-order valence-electron chi connectivity index (χ2n) is 3.60. The molecule has 0 atom stereocenters. The number of nitrogens with one attached hydrogen (secondary N) is 1. The Morgan fingerprint density at radius 1 is 1.53 bits per heavy atom. The zero-order valence-corrected chi connectivity index (χ0v) is 8.77. The fourth-order valence-electron chi connectivity index (χ4n) is 1.62. The van der Waals surface area contributed by atoms with Crippen molar-refractivity contribution in [2.75, 3.05) is 11.9 Å². The number of nitrogens with zero attached hydrogens (tertiary/aromatic N) is 2. The van der Waals surface area contributed by atoms with Crippen LogP contribution in [0.2, 0.25) is 0 Å². The number of hydrogen-bond donors (Lipinski definition) is 2. The normalized spacial score (nSPS) is 24.9. The summed E-state index contributed by atoms with van der Waals surface area (Å²) >= 11 is 0. The van der Waals surface area contributed by atoms with Crippen LogP contribution in [0.5, 0.6) is 0 Å². The van der Waals surface area contributed by atoms with Gasteiger partial charge in [-0.2, -0.15) is 0 Å². The van der Waals surface area contributed by atoms with Crippen LogP contribution >= 0.6 is 0 Å². The molecule has 1 aromatic heterocycles. The minimum Gasteiger partial charge on any atom is -0.407 e. The summed E-state index contributed by atoms with van der Waals surface area (Å²) in [5, 5.41) is 10.7. The largest absolute Gasteiger partial charge is 0.407 e. The first-order chi connectivity index (χ1) is 7.31. The standard InChI is InChI=1S/C9H16N4O2/c1-2-14-7-3-6(4-7)11-9-13-12-8(5-10)15-9/h6-7H,2-5,10H2,1H3,(H,11,13). The molecule has 0 unspecified atom stereocenters. The van der Waals surface area contributed by atoms with Gasteiger partial charge in [-0.25, -0.2) is 0 Å². The predicted molar refractivity (Wildman–Crippen MR) is 54.2 cm³/mol. The summed E-state index contributed by atoms with van der Waals surface area (Å²) in [7, 11) is 0. The van der Waals surface area contributed by atoms with E-state index in [1.807, 2.05) is 6.92 Å². The van der Waals surface area contributed by atoms with Gasteiger partial charge in [-0.05, 0) is 19.8 Å². The summed E-state index contributed by atoms with van der Waals surface area (Å²) in [6.45, 7) is 3.06. The number of hydrogen-bond acceptors (Lipinski definition) is 6. The van der Waals surface area contributed by atoms with Gasteiger partial charge in [0.2, 0.25) is 5.89 Å². The van der Waals surface area contributed by atoms with Gasteiger partial charge in [0.25, 0.3) is 0 Å². The summed E-state index contributed by atoms with van der Waals surface area (Å²) in [5.41, 5.74) is 5.36. The molecule has 0 radical (unpaired) electrons. The van der Waals surface area contributed by atoms with Crippen molar-refractivity contribution >= 4 is 6.01 Å². The first-order valence-electron chi connectivity index (χ1n) is 5.22. The first-order valence-corrected chi connectivity index (χ1v) is 5.22. The maximum Gasteiger partial charge on any atom is 0.315 e. The quantitative estimate of drug-likeness (QED) is 0.739. The van der Waals surface area contributed by atoms with Gasteiger partial charge in [-0.1, -0.05) is 5.10 Å². The summed E-state index contributed by atoms with van der Waals surface area (Å²) in [4.78, 5) is 0. The molecule has 0 saturated heterocycles. The molecule has 2 rings (SSSR count). The molecule has 1 aliphatic rings. The summed E-state index contributed by atoms with van der Waals surface area (Å²) in [5.74, 6) is 0.457. The SMILES string of the molecule is CCOC1CC(Nc2nnc(CN)o2)C1. The van der Waals surface area contributed by atoms with E-state index in [0.29, 0.717) is 24.1 Å². The highest BCUT2D eigenvalue weighted by atomic mass is 16.5. The van der Waals surface area contributed by atoms with Crippen LogP contribution in [-0.4, -0.2) is 29.0 Å². The van der Waals surface area contributed by atoms with Gasteiger partial charge >= 0.3 is 6.01 Å². The second-order valence-corrected chi connectivity index (χ2v) is 3.60. The van der Waals surface area contributed by atoms with Crippen LogP contribution in [0.3, 0.4) is 0 Å². The van der Waals surface area contributed by atoms with E-state index < -0.39 is 0 Å². The van der Waals surface area contributed by atoms with Crippen molar-refractivity contribution in [1.82, 2.24) is 10.2 Å². The molecule has 6 heteroatoms. The lowest BCUT2D eigenvalue weighted by atomic mass is 9.89. The van der Waals surface area contributed by atoms with Gasteiger partial charge in [0.1, 0.15) is 0 Å². The van der Waals surface area contributed by atoms with Crippen LogP contribution < -0.4 is 11.1 Å². The van der Waals surface area contributed by atoms with Crippen molar-refractivity contribution in [2.24, 2.45) is 5.73 Å². The third-order valence-electron chi connectivity index (χ3n) is 2.47. The van der Waals surface area contributed by atoms with E-state index in [1.54, 1.807) is 0 Å². The zero-order chi connectivity index (χ0) is 10.7. The highest BCUT2D eigenvalue weighted by molar-refractivity contribution is 5.21. The fourth-order valence-corrected chi connectivity index (χ4v) is 1.62. The number of aromatic nitrogens is 2. The lowest BCUT2D eigenvalue weighted by molar-refractivity contribution is 0.00256. The van der Waals surface area contributed by atoms with Crippen molar-refractivity contribution in [2.45, 2.75) is 38.5 Å². The summed E-state index contributed by atoms with van der Waals surface area (Å²) < 4.78 is 10.7. The monoisotopic (exact) mass is 212 g/mol. The topological polar surface area (TPSA) is 86.2 Å². The van der Waals surface area contributed by atoms with Gasteiger partial charge in [-0.15, -0.1) is 5.10 Å². The molecule has 3 N–H and O–H groups in total. The number of anilines is 1. The Balaban J connectivity index is 1.75. The molecule has 0 aliphatic heterocycles. The average Bonchev–Trinajstić information content (AvgIpc) is 2.62. The summed E-state index contributed by atoms with van der Waals surface area (Å²) in [6.07, 6.45) is 2.37. The molecule has 0 amide bonds. The second kappa shape index (κ2) is 4.59. The smallest absolute Gasteiger partial charge is 0.315 e. The molecule has 1 fully saturated rings. The highest BCUT2D eigenvalue weighted by Gasteiger charge is 2.30. The Bertz CT molecular complexity index is 309. The highest BCUT2D eigenvalue weighted by Crippen LogP contribution is 2.26. The van der Waals surface area contributed by atoms with Gasteiger partial charge in [0.05, 0.1) is 12.6 Å². The van der Waals surface area contributed by atoms with E-state index in [2.05, 4.69) is 15.5 Å². The van der Waals surface area contributed by atoms with Crippen LogP contribution in [-0.2, 0) is 11.3 Å². The lowest BCUT2D eigenvalue weighted by Gasteiger charge is -2.34. The minimum atomic E-state index is 0.279. The van der Waals surface area contributed by atoms with Crippen LogP contribution in [0.4, 0.5) is 6.01 Å². The third-order valence-corrected chi connectivity index (χ3v) is 2.47. The van der Waals surface area contributed by atoms with E-state index in [4.69, 9.17) is 14.9 Å². The molecular formula is C9H16N4O2. The molecule has 0 spiro atoms. The molecular weight excluding hydrogens is 196 g/mol. The minimum absolute atomic E-state index is 0.279. The Labute approximate surface area is 88.2 Å². The molecule has 1 saturated carbocycles. The third kappa shape index (κ3) is 2.45. The number of ether oxygens (including phenoxy) is 1. The maximum atomic E-state index is 5.45. The fraction of sp³-hybridized carbons (Fsp3) is 0.778. The Kier molecular flexibility index (Phi) is 3.17. The van der Waals surface area contributed by atoms with Gasteiger partial charge in [0.15, 0.2) is 0 Å². The van der Waals surface area contributed by atoms with Crippen molar-refractivity contribution in [3.05, 3.63) is 5.89 Å². The van der Waals surface area contributed by atoms with E-state index >= 15 is 0 Å². The van der Waals surface area contributed by atoms with E-state index in [-0.39, 0.29) is 6.54 Å². The van der Waals surface area contributed by atoms with Crippen molar-refractivity contribution < 1.29 is 9.15 Å². The summed E-state index contributed by atoms with van der Waals surface area (Å²) in [6, 6.07) is 0.836. The number of nitrogens with two attached hydrogens (primary N) is 1. The zero-order valence-electron chi connectivity index (χ0n) is 8.77. The van der Waals surface area contributed by atoms with Gasteiger partial charge in [-0.3, -0.25) is 0 Å². The first kappa shape index (κ1) is 10.4. The maximum absolute atomic E-state index is 5.45.